The maximum absolute atomic E-state index is 4.04. The van der Waals surface area contributed by atoms with Gasteiger partial charge in [-0.05, 0) is 29.1 Å². The summed E-state index contributed by atoms with van der Waals surface area (Å²) in [7, 11) is 0. The molecule has 0 fully saturated rings. The van der Waals surface area contributed by atoms with Gasteiger partial charge in [-0.2, -0.15) is 0 Å². The highest BCUT2D eigenvalue weighted by molar-refractivity contribution is 8.06. The topological polar surface area (TPSA) is 0 Å². The van der Waals surface area contributed by atoms with E-state index in [2.05, 4.69) is 47.3 Å². The van der Waals surface area contributed by atoms with Crippen LogP contribution in [-0.4, -0.2) is 0 Å². The zero-order valence-corrected chi connectivity index (χ0v) is 9.01. The molecule has 0 aromatic rings. The molecule has 0 aliphatic heterocycles. The van der Waals surface area contributed by atoms with Crippen LogP contribution in [0.15, 0.2) is 22.5 Å². The van der Waals surface area contributed by atoms with Crippen molar-refractivity contribution in [3.05, 3.63) is 22.5 Å². The summed E-state index contributed by atoms with van der Waals surface area (Å²) >= 11 is 1.77. The first kappa shape index (κ1) is 10.8. The van der Waals surface area contributed by atoms with Crippen molar-refractivity contribution in [3.8, 4) is 0 Å². The van der Waals surface area contributed by atoms with Crippen LogP contribution in [0.4, 0.5) is 0 Å². The third kappa shape index (κ3) is 4.31. The van der Waals surface area contributed by atoms with Gasteiger partial charge in [-0.25, -0.2) is 0 Å². The molecule has 0 aliphatic carbocycles. The number of rotatable bonds is 2. The van der Waals surface area contributed by atoms with Gasteiger partial charge in [-0.1, -0.05) is 45.2 Å². The molecular formula is C10H18S. The first-order valence-corrected chi connectivity index (χ1v) is 4.69. The molecule has 0 atom stereocenters. The predicted molar refractivity (Wildman–Crippen MR) is 55.6 cm³/mol. The normalized spacial score (nSPS) is 13.4. The van der Waals surface area contributed by atoms with Gasteiger partial charge in [0.1, 0.15) is 0 Å². The smallest absolute Gasteiger partial charge is 0.00745 e. The Morgan fingerprint density at radius 1 is 1.36 bits per heavy atom. The molecular weight excluding hydrogens is 152 g/mol. The maximum Gasteiger partial charge on any atom is -0.00745 e. The van der Waals surface area contributed by atoms with Crippen LogP contribution in [-0.2, 0) is 0 Å². The highest BCUT2D eigenvalue weighted by atomic mass is 32.2. The van der Waals surface area contributed by atoms with Crippen molar-refractivity contribution >= 4 is 11.8 Å². The van der Waals surface area contributed by atoms with Crippen LogP contribution in [0.3, 0.4) is 0 Å². The van der Waals surface area contributed by atoms with Crippen LogP contribution in [0.2, 0.25) is 0 Å². The summed E-state index contributed by atoms with van der Waals surface area (Å²) in [6, 6.07) is 0. The Morgan fingerprint density at radius 3 is 2.09 bits per heavy atom. The van der Waals surface area contributed by atoms with Gasteiger partial charge in [0.25, 0.3) is 0 Å². The van der Waals surface area contributed by atoms with Gasteiger partial charge in [0, 0.05) is 0 Å². The van der Waals surface area contributed by atoms with E-state index in [4.69, 9.17) is 0 Å². The molecule has 0 unspecified atom stereocenters. The Hall–Kier alpha value is -0.170. The van der Waals surface area contributed by atoms with E-state index in [0.717, 1.165) is 0 Å². The zero-order chi connectivity index (χ0) is 9.07. The van der Waals surface area contributed by atoms with Crippen LogP contribution in [0.1, 0.15) is 34.6 Å². The fourth-order valence-electron chi connectivity index (χ4n) is 0.406. The van der Waals surface area contributed by atoms with Crippen LogP contribution < -0.4 is 0 Å². The highest BCUT2D eigenvalue weighted by Crippen LogP contribution is 2.36. The van der Waals surface area contributed by atoms with E-state index in [0.29, 0.717) is 0 Å². The fourth-order valence-corrected chi connectivity index (χ4v) is 1.22. The first-order valence-electron chi connectivity index (χ1n) is 3.88. The lowest BCUT2D eigenvalue weighted by molar-refractivity contribution is 0.535. The number of allylic oxidation sites excluding steroid dienone is 3. The van der Waals surface area contributed by atoms with E-state index in [1.165, 1.54) is 9.81 Å². The second kappa shape index (κ2) is 4.01. The molecule has 0 N–H and O–H groups in total. The van der Waals surface area contributed by atoms with Gasteiger partial charge in [0.2, 0.25) is 0 Å². The monoisotopic (exact) mass is 170 g/mol. The van der Waals surface area contributed by atoms with Crippen molar-refractivity contribution in [2.45, 2.75) is 34.6 Å². The van der Waals surface area contributed by atoms with Crippen molar-refractivity contribution in [2.75, 3.05) is 0 Å². The summed E-state index contributed by atoms with van der Waals surface area (Å²) in [5.74, 6) is 0. The largest absolute Gasteiger partial charge is 0.0997 e. The lowest BCUT2D eigenvalue weighted by Gasteiger charge is -2.20. The molecule has 0 radical (unpaired) electrons. The standard InChI is InChI=1S/C10H18S/c1-7-8(2)11-9(3)10(4,5)6/h7H,3H2,1-2,4-6H3/b8-7-. The molecule has 0 spiro atoms. The minimum atomic E-state index is 0.217. The van der Waals surface area contributed by atoms with E-state index in [1.807, 2.05) is 0 Å². The Kier molecular flexibility index (Phi) is 3.95. The lowest BCUT2D eigenvalue weighted by Crippen LogP contribution is -2.05. The number of hydrogen-bond donors (Lipinski definition) is 0. The quantitative estimate of drug-likeness (QED) is 0.598. The molecule has 0 aliphatic rings. The van der Waals surface area contributed by atoms with Gasteiger partial charge in [0.05, 0.1) is 0 Å². The summed E-state index contributed by atoms with van der Waals surface area (Å²) < 4.78 is 0. The third-order valence-electron chi connectivity index (χ3n) is 1.53. The van der Waals surface area contributed by atoms with Gasteiger partial charge < -0.3 is 0 Å². The van der Waals surface area contributed by atoms with Gasteiger partial charge >= 0.3 is 0 Å². The second-order valence-corrected chi connectivity index (χ2v) is 5.02. The van der Waals surface area contributed by atoms with Crippen molar-refractivity contribution in [3.63, 3.8) is 0 Å². The second-order valence-electron chi connectivity index (χ2n) is 3.67. The molecule has 0 nitrogen and oxygen atoms in total. The van der Waals surface area contributed by atoms with E-state index in [1.54, 1.807) is 11.8 Å². The minimum Gasteiger partial charge on any atom is -0.0997 e. The Bertz CT molecular complexity index is 170. The van der Waals surface area contributed by atoms with Gasteiger partial charge in [-0.15, -0.1) is 0 Å². The van der Waals surface area contributed by atoms with Gasteiger partial charge in [-0.3, -0.25) is 0 Å². The van der Waals surface area contributed by atoms with Crippen molar-refractivity contribution in [2.24, 2.45) is 5.41 Å². The van der Waals surface area contributed by atoms with Crippen molar-refractivity contribution < 1.29 is 0 Å². The van der Waals surface area contributed by atoms with Crippen molar-refractivity contribution in [1.82, 2.24) is 0 Å². The molecule has 0 bridgehead atoms. The predicted octanol–water partition coefficient (Wildman–Crippen LogP) is 4.20. The van der Waals surface area contributed by atoms with Crippen LogP contribution in [0.5, 0.6) is 0 Å². The van der Waals surface area contributed by atoms with Crippen LogP contribution in [0.25, 0.3) is 0 Å². The lowest BCUT2D eigenvalue weighted by atomic mass is 9.97. The average molecular weight is 170 g/mol. The summed E-state index contributed by atoms with van der Waals surface area (Å²) in [6.07, 6.45) is 2.11. The first-order chi connectivity index (χ1) is 4.88. The summed E-state index contributed by atoms with van der Waals surface area (Å²) in [4.78, 5) is 2.55. The summed E-state index contributed by atoms with van der Waals surface area (Å²) in [5.41, 5.74) is 0.217. The molecule has 0 rings (SSSR count). The Labute approximate surface area is 74.8 Å². The highest BCUT2D eigenvalue weighted by Gasteiger charge is 2.15. The van der Waals surface area contributed by atoms with E-state index >= 15 is 0 Å². The number of hydrogen-bond acceptors (Lipinski definition) is 1. The summed E-state index contributed by atoms with van der Waals surface area (Å²) in [5, 5.41) is 0. The fraction of sp³-hybridized carbons (Fsp3) is 0.600. The maximum atomic E-state index is 4.04. The molecule has 0 aromatic heterocycles. The van der Waals surface area contributed by atoms with E-state index in [9.17, 15) is 0 Å². The molecule has 0 saturated carbocycles. The number of thioether (sulfide) groups is 1. The molecule has 0 heterocycles. The average Bonchev–Trinajstić information content (AvgIpc) is 1.85. The molecule has 64 valence electrons. The molecule has 0 aromatic carbocycles. The van der Waals surface area contributed by atoms with Crippen molar-refractivity contribution in [1.29, 1.82) is 0 Å². The third-order valence-corrected chi connectivity index (χ3v) is 2.94. The SMILES string of the molecule is C=C(S/C(C)=C\C)C(C)(C)C. The minimum absolute atomic E-state index is 0.217. The van der Waals surface area contributed by atoms with Gasteiger partial charge in [0.15, 0.2) is 0 Å². The molecule has 0 amide bonds. The Morgan fingerprint density at radius 2 is 1.82 bits per heavy atom. The van der Waals surface area contributed by atoms with E-state index < -0.39 is 0 Å². The molecule has 11 heavy (non-hydrogen) atoms. The molecule has 1 heteroatoms. The summed E-state index contributed by atoms with van der Waals surface area (Å²) in [6.45, 7) is 14.8. The molecule has 0 saturated heterocycles. The zero-order valence-electron chi connectivity index (χ0n) is 8.19. The van der Waals surface area contributed by atoms with Crippen LogP contribution >= 0.6 is 11.8 Å². The van der Waals surface area contributed by atoms with E-state index in [-0.39, 0.29) is 5.41 Å². The Balaban J connectivity index is 4.10. The van der Waals surface area contributed by atoms with Crippen LogP contribution in [0, 0.1) is 5.41 Å².